The highest BCUT2D eigenvalue weighted by atomic mass is 16.1. The van der Waals surface area contributed by atoms with E-state index in [0.29, 0.717) is 5.69 Å². The lowest BCUT2D eigenvalue weighted by Crippen LogP contribution is -2.10. The molecule has 5 nitrogen and oxygen atoms in total. The van der Waals surface area contributed by atoms with Crippen molar-refractivity contribution in [2.45, 2.75) is 25.7 Å². The summed E-state index contributed by atoms with van der Waals surface area (Å²) in [4.78, 5) is 13.7. The molecule has 1 aliphatic carbocycles. The van der Waals surface area contributed by atoms with Gasteiger partial charge in [-0.3, -0.25) is 9.89 Å². The molecule has 4 N–H and O–H groups in total. The Kier molecular flexibility index (Phi) is 3.73. The Morgan fingerprint density at radius 1 is 1.19 bits per heavy atom. The number of carbonyl (C=O) groups excluding carboxylic acids is 1. The molecule has 0 saturated heterocycles. The zero-order valence-electron chi connectivity index (χ0n) is 11.7. The number of hydrogen-bond donors (Lipinski definition) is 3. The number of carbonyl (C=O) groups is 1. The van der Waals surface area contributed by atoms with Crippen LogP contribution in [0.1, 0.15) is 34.6 Å². The van der Waals surface area contributed by atoms with Gasteiger partial charge >= 0.3 is 0 Å². The summed E-state index contributed by atoms with van der Waals surface area (Å²) in [5.41, 5.74) is 9.29. The summed E-state index contributed by atoms with van der Waals surface area (Å²) in [6.07, 6.45) is 7.05. The van der Waals surface area contributed by atoms with Crippen molar-refractivity contribution in [2.75, 3.05) is 0 Å². The van der Waals surface area contributed by atoms with Crippen molar-refractivity contribution in [3.63, 3.8) is 0 Å². The number of H-pyrrole nitrogens is 2. The summed E-state index contributed by atoms with van der Waals surface area (Å²) in [7, 11) is 0. The van der Waals surface area contributed by atoms with E-state index in [2.05, 4.69) is 15.2 Å². The van der Waals surface area contributed by atoms with Gasteiger partial charge in [-0.2, -0.15) is 5.10 Å². The van der Waals surface area contributed by atoms with Crippen LogP contribution in [0.15, 0.2) is 36.5 Å². The molecule has 0 atom stereocenters. The second kappa shape index (κ2) is 5.83. The number of nitrogens with zero attached hydrogens (tertiary/aromatic N) is 1. The van der Waals surface area contributed by atoms with Crippen molar-refractivity contribution >= 4 is 16.8 Å². The van der Waals surface area contributed by atoms with Crippen LogP contribution in [0.4, 0.5) is 0 Å². The third-order valence-corrected chi connectivity index (χ3v) is 3.73. The molecular formula is C16H18N4O. The molecule has 0 unspecified atom stereocenters. The van der Waals surface area contributed by atoms with Gasteiger partial charge in [-0.15, -0.1) is 0 Å². The smallest absolute Gasteiger partial charge is 0.265 e. The Morgan fingerprint density at radius 3 is 2.76 bits per heavy atom. The SMILES string of the molecule is NC(=O)c1cc2ccccc2[nH]1.c1n[nH]c2c1CCCC2. The zero-order chi connectivity index (χ0) is 14.7. The normalized spacial score (nSPS) is 13.3. The van der Waals surface area contributed by atoms with Gasteiger partial charge in [-0.05, 0) is 43.4 Å². The molecule has 21 heavy (non-hydrogen) atoms. The first-order chi connectivity index (χ1) is 10.2. The van der Waals surface area contributed by atoms with Crippen LogP contribution in [0.5, 0.6) is 0 Å². The average Bonchev–Trinajstić information content (AvgIpc) is 3.14. The minimum Gasteiger partial charge on any atom is -0.364 e. The highest BCUT2D eigenvalue weighted by Gasteiger charge is 2.09. The molecule has 0 saturated carbocycles. The largest absolute Gasteiger partial charge is 0.364 e. The van der Waals surface area contributed by atoms with Crippen molar-refractivity contribution in [3.8, 4) is 0 Å². The highest BCUT2D eigenvalue weighted by molar-refractivity contribution is 5.96. The number of fused-ring (bicyclic) bond motifs is 2. The molecule has 5 heteroatoms. The Morgan fingerprint density at radius 2 is 2.00 bits per heavy atom. The number of nitrogens with one attached hydrogen (secondary N) is 2. The molecule has 108 valence electrons. The number of benzene rings is 1. The van der Waals surface area contributed by atoms with Gasteiger partial charge in [0.15, 0.2) is 0 Å². The van der Waals surface area contributed by atoms with Crippen LogP contribution in [-0.2, 0) is 12.8 Å². The maximum absolute atomic E-state index is 10.8. The van der Waals surface area contributed by atoms with Gasteiger partial charge in [-0.1, -0.05) is 18.2 Å². The molecule has 0 radical (unpaired) electrons. The molecule has 0 aliphatic heterocycles. The molecule has 0 spiro atoms. The lowest BCUT2D eigenvalue weighted by atomic mass is 9.99. The first-order valence-electron chi connectivity index (χ1n) is 7.13. The topological polar surface area (TPSA) is 87.6 Å². The summed E-state index contributed by atoms with van der Waals surface area (Å²) in [6.45, 7) is 0. The fourth-order valence-electron chi connectivity index (χ4n) is 2.59. The quantitative estimate of drug-likeness (QED) is 0.640. The van der Waals surface area contributed by atoms with Crippen LogP contribution in [0.2, 0.25) is 0 Å². The standard InChI is InChI=1S/C9H8N2O.C7H10N2/c10-9(12)8-5-6-3-1-2-4-7(6)11-8;1-2-4-7-6(3-1)5-8-9-7/h1-5,11H,(H2,10,12);5H,1-4H2,(H,8,9). The summed E-state index contributed by atoms with van der Waals surface area (Å²) in [5, 5.41) is 7.99. The number of hydrogen-bond acceptors (Lipinski definition) is 2. The van der Waals surface area contributed by atoms with E-state index < -0.39 is 5.91 Å². The lowest BCUT2D eigenvalue weighted by molar-refractivity contribution is 0.0996. The van der Waals surface area contributed by atoms with Crippen LogP contribution in [0, 0.1) is 0 Å². The van der Waals surface area contributed by atoms with Gasteiger partial charge in [0.2, 0.25) is 0 Å². The van der Waals surface area contributed by atoms with Crippen LogP contribution in [-0.4, -0.2) is 21.1 Å². The lowest BCUT2D eigenvalue weighted by Gasteiger charge is -2.07. The monoisotopic (exact) mass is 282 g/mol. The number of amides is 1. The predicted octanol–water partition coefficient (Wildman–Crippen LogP) is 2.56. The number of aryl methyl sites for hydroxylation is 2. The third kappa shape index (κ3) is 2.97. The van der Waals surface area contributed by atoms with Gasteiger partial charge in [0.1, 0.15) is 5.69 Å². The molecular weight excluding hydrogens is 264 g/mol. The van der Waals surface area contributed by atoms with Crippen LogP contribution < -0.4 is 5.73 Å². The van der Waals surface area contributed by atoms with Crippen molar-refractivity contribution < 1.29 is 4.79 Å². The number of primary amides is 1. The fraction of sp³-hybridized carbons (Fsp3) is 0.250. The Labute approximate surface area is 122 Å². The van der Waals surface area contributed by atoms with Crippen molar-refractivity contribution in [1.29, 1.82) is 0 Å². The van der Waals surface area contributed by atoms with Gasteiger partial charge in [0, 0.05) is 16.6 Å². The Balaban J connectivity index is 0.000000131. The molecule has 1 amide bonds. The second-order valence-electron chi connectivity index (χ2n) is 5.22. The van der Waals surface area contributed by atoms with Gasteiger partial charge in [-0.25, -0.2) is 0 Å². The van der Waals surface area contributed by atoms with Crippen LogP contribution >= 0.6 is 0 Å². The van der Waals surface area contributed by atoms with Gasteiger partial charge < -0.3 is 10.7 Å². The first-order valence-corrected chi connectivity index (χ1v) is 7.13. The number of para-hydroxylation sites is 1. The second-order valence-corrected chi connectivity index (χ2v) is 5.22. The molecule has 1 aliphatic rings. The molecule has 0 fully saturated rings. The summed E-state index contributed by atoms with van der Waals surface area (Å²) in [6, 6.07) is 9.41. The van der Waals surface area contributed by atoms with E-state index in [4.69, 9.17) is 5.73 Å². The average molecular weight is 282 g/mol. The van der Waals surface area contributed by atoms with Crippen molar-refractivity contribution in [1.82, 2.24) is 15.2 Å². The minimum absolute atomic E-state index is 0.425. The third-order valence-electron chi connectivity index (χ3n) is 3.73. The maximum atomic E-state index is 10.8. The number of aromatic nitrogens is 3. The maximum Gasteiger partial charge on any atom is 0.265 e. The molecule has 3 aromatic rings. The van der Waals surface area contributed by atoms with E-state index in [1.54, 1.807) is 6.07 Å². The molecule has 0 bridgehead atoms. The molecule has 1 aromatic carbocycles. The van der Waals surface area contributed by atoms with E-state index in [9.17, 15) is 4.79 Å². The number of nitrogens with two attached hydrogens (primary N) is 1. The van der Waals surface area contributed by atoms with Crippen LogP contribution in [0.25, 0.3) is 10.9 Å². The minimum atomic E-state index is -0.425. The Hall–Kier alpha value is -2.56. The summed E-state index contributed by atoms with van der Waals surface area (Å²) in [5.74, 6) is -0.425. The summed E-state index contributed by atoms with van der Waals surface area (Å²) >= 11 is 0. The van der Waals surface area contributed by atoms with E-state index in [1.165, 1.54) is 36.9 Å². The predicted molar refractivity (Wildman–Crippen MR) is 82.0 cm³/mol. The van der Waals surface area contributed by atoms with Gasteiger partial charge in [0.25, 0.3) is 5.91 Å². The van der Waals surface area contributed by atoms with E-state index in [0.717, 1.165) is 10.9 Å². The van der Waals surface area contributed by atoms with Gasteiger partial charge in [0.05, 0.1) is 6.20 Å². The number of rotatable bonds is 1. The zero-order valence-corrected chi connectivity index (χ0v) is 11.7. The first kappa shape index (κ1) is 13.4. The number of aromatic amines is 2. The van der Waals surface area contributed by atoms with Crippen molar-refractivity contribution in [3.05, 3.63) is 53.5 Å². The molecule has 4 rings (SSSR count). The molecule has 2 aromatic heterocycles. The fourth-order valence-corrected chi connectivity index (χ4v) is 2.59. The van der Waals surface area contributed by atoms with Crippen LogP contribution in [0.3, 0.4) is 0 Å². The highest BCUT2D eigenvalue weighted by Crippen LogP contribution is 2.17. The summed E-state index contributed by atoms with van der Waals surface area (Å²) < 4.78 is 0. The van der Waals surface area contributed by atoms with E-state index in [1.807, 2.05) is 30.5 Å². The van der Waals surface area contributed by atoms with E-state index >= 15 is 0 Å². The Bertz CT molecular complexity index is 703. The molecule has 2 heterocycles. The van der Waals surface area contributed by atoms with E-state index in [-0.39, 0.29) is 0 Å². The van der Waals surface area contributed by atoms with Crippen molar-refractivity contribution in [2.24, 2.45) is 5.73 Å².